The maximum atomic E-state index is 12.6. The van der Waals surface area contributed by atoms with Crippen LogP contribution in [-0.2, 0) is 4.79 Å². The normalized spacial score (nSPS) is 11.9. The van der Waals surface area contributed by atoms with E-state index in [1.165, 1.54) is 0 Å². The molecule has 25 heavy (non-hydrogen) atoms. The number of anilines is 1. The molecule has 2 amide bonds. The average molecular weight is 379 g/mol. The van der Waals surface area contributed by atoms with Crippen LogP contribution < -0.4 is 10.6 Å². The van der Waals surface area contributed by atoms with Crippen molar-refractivity contribution in [3.63, 3.8) is 0 Å². The van der Waals surface area contributed by atoms with Crippen LogP contribution in [0.2, 0.25) is 10.0 Å². The summed E-state index contributed by atoms with van der Waals surface area (Å²) >= 11 is 12.2. The highest BCUT2D eigenvalue weighted by atomic mass is 35.5. The summed E-state index contributed by atoms with van der Waals surface area (Å²) in [7, 11) is 0. The van der Waals surface area contributed by atoms with Crippen LogP contribution >= 0.6 is 23.2 Å². The van der Waals surface area contributed by atoms with Gasteiger partial charge in [-0.1, -0.05) is 55.2 Å². The number of halogens is 2. The molecule has 6 heteroatoms. The van der Waals surface area contributed by atoms with Crippen LogP contribution in [0.25, 0.3) is 0 Å². The second kappa shape index (κ2) is 8.37. The quantitative estimate of drug-likeness (QED) is 0.792. The maximum absolute atomic E-state index is 12.6. The number of aryl methyl sites for hydroxylation is 1. The van der Waals surface area contributed by atoms with E-state index in [0.717, 1.165) is 5.56 Å². The van der Waals surface area contributed by atoms with Crippen LogP contribution in [0, 0.1) is 12.8 Å². The Balaban J connectivity index is 2.16. The number of nitrogens with one attached hydrogen (secondary N) is 2. The lowest BCUT2D eigenvalue weighted by molar-refractivity contribution is -0.118. The molecular formula is C19H20Cl2N2O2. The average Bonchev–Trinajstić information content (AvgIpc) is 2.55. The van der Waals surface area contributed by atoms with Gasteiger partial charge in [0.25, 0.3) is 5.91 Å². The van der Waals surface area contributed by atoms with Gasteiger partial charge < -0.3 is 10.6 Å². The second-order valence-electron chi connectivity index (χ2n) is 6.15. The Morgan fingerprint density at radius 3 is 2.28 bits per heavy atom. The minimum Gasteiger partial charge on any atom is -0.340 e. The van der Waals surface area contributed by atoms with E-state index in [2.05, 4.69) is 10.6 Å². The highest BCUT2D eigenvalue weighted by Crippen LogP contribution is 2.23. The van der Waals surface area contributed by atoms with E-state index in [9.17, 15) is 9.59 Å². The minimum absolute atomic E-state index is 0.115. The molecule has 2 rings (SSSR count). The van der Waals surface area contributed by atoms with Gasteiger partial charge in [0, 0.05) is 0 Å². The molecule has 0 aliphatic carbocycles. The molecule has 0 aliphatic heterocycles. The SMILES string of the molecule is Cc1ccc(NC(=O)[C@@H](NC(=O)c2ccccc2Cl)C(C)C)c(Cl)c1. The number of amides is 2. The number of rotatable bonds is 5. The first-order valence-corrected chi connectivity index (χ1v) is 8.67. The Labute approximate surface area is 157 Å². The van der Waals surface area contributed by atoms with Gasteiger partial charge in [-0.15, -0.1) is 0 Å². The molecule has 1 atom stereocenters. The summed E-state index contributed by atoms with van der Waals surface area (Å²) in [6, 6.07) is 11.3. The summed E-state index contributed by atoms with van der Waals surface area (Å²) in [6.45, 7) is 5.62. The topological polar surface area (TPSA) is 58.2 Å². The van der Waals surface area contributed by atoms with Gasteiger partial charge in [0.05, 0.1) is 21.3 Å². The van der Waals surface area contributed by atoms with Gasteiger partial charge in [-0.2, -0.15) is 0 Å². The zero-order valence-electron chi connectivity index (χ0n) is 14.3. The van der Waals surface area contributed by atoms with Gasteiger partial charge in [0.15, 0.2) is 0 Å². The van der Waals surface area contributed by atoms with Gasteiger partial charge >= 0.3 is 0 Å². The second-order valence-corrected chi connectivity index (χ2v) is 6.96. The number of hydrogen-bond acceptors (Lipinski definition) is 2. The number of hydrogen-bond donors (Lipinski definition) is 2. The molecule has 2 aromatic rings. The highest BCUT2D eigenvalue weighted by molar-refractivity contribution is 6.34. The van der Waals surface area contributed by atoms with Gasteiger partial charge in [-0.05, 0) is 42.7 Å². The first kappa shape index (κ1) is 19.3. The van der Waals surface area contributed by atoms with Crippen LogP contribution in [0.1, 0.15) is 29.8 Å². The van der Waals surface area contributed by atoms with Gasteiger partial charge in [-0.25, -0.2) is 0 Å². The van der Waals surface area contributed by atoms with Crippen molar-refractivity contribution in [3.8, 4) is 0 Å². The van der Waals surface area contributed by atoms with Crippen molar-refractivity contribution in [1.29, 1.82) is 0 Å². The lowest BCUT2D eigenvalue weighted by Crippen LogP contribution is -2.47. The molecule has 0 saturated heterocycles. The molecule has 0 fully saturated rings. The van der Waals surface area contributed by atoms with Crippen molar-refractivity contribution in [2.45, 2.75) is 26.8 Å². The van der Waals surface area contributed by atoms with Crippen molar-refractivity contribution in [3.05, 3.63) is 63.6 Å². The molecule has 2 aromatic carbocycles. The summed E-state index contributed by atoms with van der Waals surface area (Å²) in [5.74, 6) is -0.841. The van der Waals surface area contributed by atoms with Crippen molar-refractivity contribution in [2.24, 2.45) is 5.92 Å². The van der Waals surface area contributed by atoms with E-state index in [0.29, 0.717) is 21.3 Å². The monoisotopic (exact) mass is 378 g/mol. The molecule has 0 aromatic heterocycles. The number of carbonyl (C=O) groups excluding carboxylic acids is 2. The Hall–Kier alpha value is -2.04. The highest BCUT2D eigenvalue weighted by Gasteiger charge is 2.26. The fraction of sp³-hybridized carbons (Fsp3) is 0.263. The van der Waals surface area contributed by atoms with Crippen molar-refractivity contribution in [1.82, 2.24) is 5.32 Å². The van der Waals surface area contributed by atoms with E-state index in [1.54, 1.807) is 36.4 Å². The third-order valence-corrected chi connectivity index (χ3v) is 4.38. The van der Waals surface area contributed by atoms with Crippen LogP contribution in [0.4, 0.5) is 5.69 Å². The minimum atomic E-state index is -0.721. The molecule has 132 valence electrons. The Kier molecular flexibility index (Phi) is 6.45. The molecule has 4 nitrogen and oxygen atoms in total. The summed E-state index contributed by atoms with van der Waals surface area (Å²) in [5, 5.41) is 6.31. The fourth-order valence-corrected chi connectivity index (χ4v) is 2.84. The molecule has 0 bridgehead atoms. The molecule has 0 heterocycles. The predicted molar refractivity (Wildman–Crippen MR) is 102 cm³/mol. The van der Waals surface area contributed by atoms with E-state index >= 15 is 0 Å². The fourth-order valence-electron chi connectivity index (χ4n) is 2.33. The maximum Gasteiger partial charge on any atom is 0.253 e. The largest absolute Gasteiger partial charge is 0.340 e. The Bertz CT molecular complexity index is 791. The van der Waals surface area contributed by atoms with E-state index < -0.39 is 11.9 Å². The standard InChI is InChI=1S/C19H20Cl2N2O2/c1-11(2)17(23-18(24)13-6-4-5-7-14(13)20)19(25)22-16-9-8-12(3)10-15(16)21/h4-11,17H,1-3H3,(H,22,25)(H,23,24)/t17-/m0/s1. The molecular weight excluding hydrogens is 359 g/mol. The lowest BCUT2D eigenvalue weighted by Gasteiger charge is -2.22. The van der Waals surface area contributed by atoms with Crippen molar-refractivity contribution < 1.29 is 9.59 Å². The number of carbonyl (C=O) groups is 2. The van der Waals surface area contributed by atoms with E-state index in [4.69, 9.17) is 23.2 Å². The third kappa shape index (κ3) is 4.97. The summed E-state index contributed by atoms with van der Waals surface area (Å²) in [4.78, 5) is 25.1. The van der Waals surface area contributed by atoms with Crippen LogP contribution in [0.15, 0.2) is 42.5 Å². The molecule has 2 N–H and O–H groups in total. The van der Waals surface area contributed by atoms with E-state index in [1.807, 2.05) is 26.8 Å². The third-order valence-electron chi connectivity index (χ3n) is 3.74. The zero-order chi connectivity index (χ0) is 18.6. The molecule has 0 spiro atoms. The summed E-state index contributed by atoms with van der Waals surface area (Å²) in [6.07, 6.45) is 0. The molecule has 0 radical (unpaired) electrons. The Morgan fingerprint density at radius 1 is 1.00 bits per heavy atom. The number of benzene rings is 2. The first-order valence-electron chi connectivity index (χ1n) is 7.92. The lowest BCUT2D eigenvalue weighted by atomic mass is 10.0. The van der Waals surface area contributed by atoms with Crippen molar-refractivity contribution >= 4 is 40.7 Å². The molecule has 0 aliphatic rings. The van der Waals surface area contributed by atoms with Gasteiger partial charge in [-0.3, -0.25) is 9.59 Å². The summed E-state index contributed by atoms with van der Waals surface area (Å²) in [5.41, 5.74) is 1.83. The van der Waals surface area contributed by atoms with Gasteiger partial charge in [0.2, 0.25) is 5.91 Å². The smallest absolute Gasteiger partial charge is 0.253 e. The zero-order valence-corrected chi connectivity index (χ0v) is 15.8. The molecule has 0 unspecified atom stereocenters. The molecule has 0 saturated carbocycles. The van der Waals surface area contributed by atoms with E-state index in [-0.39, 0.29) is 11.8 Å². The summed E-state index contributed by atoms with van der Waals surface area (Å²) < 4.78 is 0. The van der Waals surface area contributed by atoms with Gasteiger partial charge in [0.1, 0.15) is 6.04 Å². The first-order chi connectivity index (χ1) is 11.8. The van der Waals surface area contributed by atoms with Crippen LogP contribution in [-0.4, -0.2) is 17.9 Å². The van der Waals surface area contributed by atoms with Crippen molar-refractivity contribution in [2.75, 3.05) is 5.32 Å². The van der Waals surface area contributed by atoms with Crippen LogP contribution in [0.5, 0.6) is 0 Å². The Morgan fingerprint density at radius 2 is 1.68 bits per heavy atom. The van der Waals surface area contributed by atoms with Crippen LogP contribution in [0.3, 0.4) is 0 Å². The predicted octanol–water partition coefficient (Wildman–Crippen LogP) is 4.69.